The van der Waals surface area contributed by atoms with E-state index in [2.05, 4.69) is 0 Å². The summed E-state index contributed by atoms with van der Waals surface area (Å²) in [6, 6.07) is 9.23. The van der Waals surface area contributed by atoms with Gasteiger partial charge in [-0.3, -0.25) is 4.79 Å². The molecule has 0 aliphatic carbocycles. The van der Waals surface area contributed by atoms with Crippen molar-refractivity contribution in [2.75, 3.05) is 7.11 Å². The van der Waals surface area contributed by atoms with Crippen molar-refractivity contribution >= 4 is 17.9 Å². The van der Waals surface area contributed by atoms with Crippen molar-refractivity contribution in [3.8, 4) is 16.9 Å². The third-order valence-electron chi connectivity index (χ3n) is 2.58. The predicted molar refractivity (Wildman–Crippen MR) is 68.8 cm³/mol. The lowest BCUT2D eigenvalue weighted by molar-refractivity contribution is 0.112. The van der Waals surface area contributed by atoms with Crippen molar-refractivity contribution in [3.63, 3.8) is 0 Å². The predicted octanol–water partition coefficient (Wildman–Crippen LogP) is 3.97. The van der Waals surface area contributed by atoms with Gasteiger partial charge in [-0.15, -0.1) is 0 Å². The Morgan fingerprint density at radius 3 is 2.56 bits per heavy atom. The highest BCUT2D eigenvalue weighted by atomic mass is 35.5. The van der Waals surface area contributed by atoms with Crippen LogP contribution in [0.1, 0.15) is 10.4 Å². The van der Waals surface area contributed by atoms with Crippen LogP contribution in [0.3, 0.4) is 0 Å². The van der Waals surface area contributed by atoms with Gasteiger partial charge in [0, 0.05) is 21.7 Å². The molecule has 0 atom stereocenters. The molecule has 0 N–H and O–H groups in total. The molecule has 0 unspecified atom stereocenters. The minimum atomic E-state index is -0.486. The smallest absolute Gasteiger partial charge is 0.150 e. The molecule has 0 saturated heterocycles. The van der Waals surface area contributed by atoms with Crippen LogP contribution >= 0.6 is 11.6 Å². The molecule has 92 valence electrons. The van der Waals surface area contributed by atoms with Gasteiger partial charge in [0.2, 0.25) is 0 Å². The van der Waals surface area contributed by atoms with Gasteiger partial charge in [0.15, 0.2) is 0 Å². The summed E-state index contributed by atoms with van der Waals surface area (Å²) in [7, 11) is 1.50. The van der Waals surface area contributed by atoms with E-state index in [0.29, 0.717) is 28.2 Å². The van der Waals surface area contributed by atoms with Crippen molar-refractivity contribution in [3.05, 3.63) is 52.8 Å². The molecule has 2 nitrogen and oxygen atoms in total. The molecule has 0 saturated carbocycles. The number of aldehydes is 1. The molecule has 0 fully saturated rings. The summed E-state index contributed by atoms with van der Waals surface area (Å²) in [6.45, 7) is 0. The molecule has 2 rings (SSSR count). The number of carbonyl (C=O) groups excluding carboxylic acids is 1. The maximum Gasteiger partial charge on any atom is 0.150 e. The van der Waals surface area contributed by atoms with Gasteiger partial charge >= 0.3 is 0 Å². The van der Waals surface area contributed by atoms with Crippen LogP contribution in [0.25, 0.3) is 11.1 Å². The minimum Gasteiger partial charge on any atom is -0.496 e. The zero-order valence-electron chi connectivity index (χ0n) is 9.61. The van der Waals surface area contributed by atoms with Gasteiger partial charge in [0.25, 0.3) is 0 Å². The Morgan fingerprint density at radius 1 is 1.17 bits per heavy atom. The van der Waals surface area contributed by atoms with Crippen LogP contribution in [0.2, 0.25) is 5.02 Å². The van der Waals surface area contributed by atoms with E-state index in [9.17, 15) is 9.18 Å². The van der Waals surface area contributed by atoms with Crippen molar-refractivity contribution < 1.29 is 13.9 Å². The van der Waals surface area contributed by atoms with E-state index < -0.39 is 5.82 Å². The summed E-state index contributed by atoms with van der Waals surface area (Å²) < 4.78 is 19.1. The average molecular weight is 265 g/mol. The maximum atomic E-state index is 13.9. The summed E-state index contributed by atoms with van der Waals surface area (Å²) in [6.07, 6.45) is 0.599. The van der Waals surface area contributed by atoms with Crippen molar-refractivity contribution in [2.24, 2.45) is 0 Å². The van der Waals surface area contributed by atoms with Gasteiger partial charge in [-0.2, -0.15) is 0 Å². The zero-order valence-corrected chi connectivity index (χ0v) is 10.4. The highest BCUT2D eigenvalue weighted by molar-refractivity contribution is 6.31. The number of carbonyl (C=O) groups is 1. The summed E-state index contributed by atoms with van der Waals surface area (Å²) in [5, 5.41) is 0.490. The molecule has 0 radical (unpaired) electrons. The number of rotatable bonds is 3. The third-order valence-corrected chi connectivity index (χ3v) is 2.82. The Bertz CT molecular complexity index is 596. The quantitative estimate of drug-likeness (QED) is 0.784. The summed E-state index contributed by atoms with van der Waals surface area (Å²) >= 11 is 5.90. The Hall–Kier alpha value is -1.87. The lowest BCUT2D eigenvalue weighted by atomic mass is 10.0. The fourth-order valence-electron chi connectivity index (χ4n) is 1.71. The average Bonchev–Trinajstić information content (AvgIpc) is 2.38. The van der Waals surface area contributed by atoms with Gasteiger partial charge in [-0.1, -0.05) is 23.7 Å². The first kappa shape index (κ1) is 12.6. The lowest BCUT2D eigenvalue weighted by Gasteiger charge is -2.10. The Kier molecular flexibility index (Phi) is 3.63. The van der Waals surface area contributed by atoms with Gasteiger partial charge < -0.3 is 4.74 Å². The fourth-order valence-corrected chi connectivity index (χ4v) is 1.89. The van der Waals surface area contributed by atoms with Crippen LogP contribution in [0.15, 0.2) is 36.4 Å². The van der Waals surface area contributed by atoms with E-state index in [0.717, 1.165) is 0 Å². The first-order valence-electron chi connectivity index (χ1n) is 5.24. The van der Waals surface area contributed by atoms with Gasteiger partial charge in [-0.25, -0.2) is 4.39 Å². The largest absolute Gasteiger partial charge is 0.496 e. The number of methoxy groups -OCH3 is 1. The molecule has 2 aromatic carbocycles. The third kappa shape index (κ3) is 2.36. The first-order valence-corrected chi connectivity index (χ1v) is 5.62. The molecular weight excluding hydrogens is 255 g/mol. The molecule has 2 aromatic rings. The second-order valence-electron chi connectivity index (χ2n) is 3.70. The van der Waals surface area contributed by atoms with E-state index >= 15 is 0 Å². The number of benzene rings is 2. The molecule has 0 spiro atoms. The van der Waals surface area contributed by atoms with Crippen LogP contribution in [-0.2, 0) is 0 Å². The SMILES string of the molecule is COc1ccc(Cl)cc1-c1ccc(C=O)cc1F. The van der Waals surface area contributed by atoms with Gasteiger partial charge in [0.05, 0.1) is 7.11 Å². The van der Waals surface area contributed by atoms with Crippen molar-refractivity contribution in [1.82, 2.24) is 0 Å². The van der Waals surface area contributed by atoms with E-state index in [1.54, 1.807) is 24.3 Å². The van der Waals surface area contributed by atoms with Crippen molar-refractivity contribution in [1.29, 1.82) is 0 Å². The first-order chi connectivity index (χ1) is 8.65. The minimum absolute atomic E-state index is 0.289. The molecule has 0 aliphatic heterocycles. The standard InChI is InChI=1S/C14H10ClFO2/c1-18-14-5-3-10(15)7-12(14)11-4-2-9(8-17)6-13(11)16/h2-8H,1H3. The van der Waals surface area contributed by atoms with E-state index in [4.69, 9.17) is 16.3 Å². The monoisotopic (exact) mass is 264 g/mol. The molecule has 0 amide bonds. The van der Waals surface area contributed by atoms with Crippen LogP contribution in [0, 0.1) is 5.82 Å². The van der Waals surface area contributed by atoms with Crippen LogP contribution < -0.4 is 4.74 Å². The molecular formula is C14H10ClFO2. The number of ether oxygens (including phenoxy) is 1. The lowest BCUT2D eigenvalue weighted by Crippen LogP contribution is -1.92. The summed E-state index contributed by atoms with van der Waals surface area (Å²) in [5.41, 5.74) is 1.19. The van der Waals surface area contributed by atoms with Gasteiger partial charge in [-0.05, 0) is 24.3 Å². The topological polar surface area (TPSA) is 26.3 Å². The van der Waals surface area contributed by atoms with Gasteiger partial charge in [0.1, 0.15) is 17.9 Å². The number of hydrogen-bond acceptors (Lipinski definition) is 2. The van der Waals surface area contributed by atoms with E-state index in [-0.39, 0.29) is 5.56 Å². The molecule has 4 heteroatoms. The van der Waals surface area contributed by atoms with E-state index in [1.165, 1.54) is 19.2 Å². The van der Waals surface area contributed by atoms with Crippen LogP contribution in [0.4, 0.5) is 4.39 Å². The molecule has 0 aliphatic rings. The Balaban J connectivity index is 2.61. The normalized spacial score (nSPS) is 10.2. The maximum absolute atomic E-state index is 13.9. The Morgan fingerprint density at radius 2 is 1.94 bits per heavy atom. The zero-order chi connectivity index (χ0) is 13.1. The fraction of sp³-hybridized carbons (Fsp3) is 0.0714. The molecule has 0 heterocycles. The highest BCUT2D eigenvalue weighted by Crippen LogP contribution is 2.34. The Labute approximate surface area is 109 Å². The summed E-state index contributed by atoms with van der Waals surface area (Å²) in [5.74, 6) is 0.0392. The van der Waals surface area contributed by atoms with Crippen LogP contribution in [-0.4, -0.2) is 13.4 Å². The summed E-state index contributed by atoms with van der Waals surface area (Å²) in [4.78, 5) is 10.6. The second-order valence-corrected chi connectivity index (χ2v) is 4.14. The van der Waals surface area contributed by atoms with Crippen molar-refractivity contribution in [2.45, 2.75) is 0 Å². The second kappa shape index (κ2) is 5.19. The van der Waals surface area contributed by atoms with E-state index in [1.807, 2.05) is 0 Å². The molecule has 0 bridgehead atoms. The molecule has 0 aromatic heterocycles. The number of hydrogen-bond donors (Lipinski definition) is 0. The number of halogens is 2. The van der Waals surface area contributed by atoms with Crippen LogP contribution in [0.5, 0.6) is 5.75 Å². The molecule has 18 heavy (non-hydrogen) atoms. The highest BCUT2D eigenvalue weighted by Gasteiger charge is 2.11.